The summed E-state index contributed by atoms with van der Waals surface area (Å²) >= 11 is 0. The number of nitrogens with one attached hydrogen (secondary N) is 1. The summed E-state index contributed by atoms with van der Waals surface area (Å²) in [6.07, 6.45) is 5.09. The van der Waals surface area contributed by atoms with Gasteiger partial charge in [0.1, 0.15) is 35.2 Å². The van der Waals surface area contributed by atoms with Crippen LogP contribution in [0.5, 0.6) is 11.5 Å². The molecule has 2 fully saturated rings. The predicted octanol–water partition coefficient (Wildman–Crippen LogP) is 4.94. The lowest BCUT2D eigenvalue weighted by molar-refractivity contribution is -0.128. The van der Waals surface area contributed by atoms with Gasteiger partial charge in [0.2, 0.25) is 5.91 Å². The van der Waals surface area contributed by atoms with Crippen LogP contribution in [0.4, 0.5) is 10.2 Å². The van der Waals surface area contributed by atoms with Gasteiger partial charge in [-0.1, -0.05) is 24.3 Å². The first-order valence-electron chi connectivity index (χ1n) is 15.6. The number of piperidine rings is 1. The maximum Gasteiger partial charge on any atom is 0.249 e. The molecule has 2 saturated heterocycles. The first-order chi connectivity index (χ1) is 22.6. The van der Waals surface area contributed by atoms with Gasteiger partial charge in [-0.2, -0.15) is 5.10 Å². The number of amides is 1. The zero-order chi connectivity index (χ0) is 33.6. The van der Waals surface area contributed by atoms with Crippen LogP contribution in [0.1, 0.15) is 39.7 Å². The zero-order valence-corrected chi connectivity index (χ0v) is 26.8. The number of fused-ring (bicyclic) bond motifs is 1. The largest absolute Gasteiger partial charge is 0.457 e. The van der Waals surface area contributed by atoms with Crippen molar-refractivity contribution in [2.75, 3.05) is 45.0 Å². The lowest BCUT2D eigenvalue weighted by Gasteiger charge is -2.40. The second-order valence-electron chi connectivity index (χ2n) is 12.2. The number of para-hydroxylation sites is 1. The molecule has 1 amide bonds. The Morgan fingerprint density at radius 1 is 1.13 bits per heavy atom. The van der Waals surface area contributed by atoms with Gasteiger partial charge in [0.25, 0.3) is 0 Å². The number of anilines is 1. The first-order valence-corrected chi connectivity index (χ1v) is 15.6. The number of carbonyl (C=O) groups is 1. The van der Waals surface area contributed by atoms with E-state index >= 15 is 4.39 Å². The number of piperazine rings is 1. The minimum absolute atomic E-state index is 0.0174. The van der Waals surface area contributed by atoms with Crippen molar-refractivity contribution in [2.45, 2.75) is 45.2 Å². The maximum atomic E-state index is 15.6. The number of hydrogen-bond acceptors (Lipinski definition) is 10. The second-order valence-corrected chi connectivity index (χ2v) is 12.2. The van der Waals surface area contributed by atoms with Gasteiger partial charge in [-0.15, -0.1) is 4.91 Å². The summed E-state index contributed by atoms with van der Waals surface area (Å²) in [4.78, 5) is 34.8. The van der Waals surface area contributed by atoms with Gasteiger partial charge in [-0.3, -0.25) is 9.69 Å². The molecule has 248 valence electrons. The van der Waals surface area contributed by atoms with Crippen molar-refractivity contribution in [1.82, 2.24) is 34.9 Å². The van der Waals surface area contributed by atoms with E-state index in [2.05, 4.69) is 40.1 Å². The van der Waals surface area contributed by atoms with Gasteiger partial charge < -0.3 is 25.9 Å². The van der Waals surface area contributed by atoms with E-state index in [1.165, 1.54) is 17.7 Å². The van der Waals surface area contributed by atoms with Crippen LogP contribution in [0.15, 0.2) is 71.8 Å². The first kappa shape index (κ1) is 33.4. The molecule has 6 rings (SSSR count). The SMILES string of the molecule is CC(=CC(C)(C)N1CCNCC1)C(=O)N1CCC[C@@H](n2nc(-c3ccc(Oc4ccccc4)cc3F)c3c(N)ncnc32)C1.O=NO. The summed E-state index contributed by atoms with van der Waals surface area (Å²) in [5.74, 6) is 0.722. The molecular formula is C33H40FN9O4. The monoisotopic (exact) mass is 645 g/mol. The van der Waals surface area contributed by atoms with E-state index < -0.39 is 5.82 Å². The van der Waals surface area contributed by atoms with E-state index in [0.717, 1.165) is 44.6 Å². The Labute approximate surface area is 272 Å². The lowest BCUT2D eigenvalue weighted by atomic mass is 9.97. The topological polar surface area (TPSA) is 164 Å². The average Bonchev–Trinajstić information content (AvgIpc) is 3.46. The third-order valence-corrected chi connectivity index (χ3v) is 8.56. The van der Waals surface area contributed by atoms with Crippen LogP contribution >= 0.6 is 0 Å². The van der Waals surface area contributed by atoms with Crippen LogP contribution < -0.4 is 15.8 Å². The summed E-state index contributed by atoms with van der Waals surface area (Å²) in [6, 6.07) is 13.7. The van der Waals surface area contributed by atoms with Crippen LogP contribution in [0.2, 0.25) is 0 Å². The van der Waals surface area contributed by atoms with Crippen LogP contribution in [0.25, 0.3) is 22.3 Å². The number of nitrogens with two attached hydrogens (primary N) is 1. The number of likely N-dealkylation sites (tertiary alicyclic amines) is 1. The summed E-state index contributed by atoms with van der Waals surface area (Å²) in [7, 11) is 0. The highest BCUT2D eigenvalue weighted by atomic mass is 19.1. The Hall–Kier alpha value is -4.95. The van der Waals surface area contributed by atoms with Crippen molar-refractivity contribution >= 4 is 22.8 Å². The van der Waals surface area contributed by atoms with Gasteiger partial charge in [-0.25, -0.2) is 19.0 Å². The van der Waals surface area contributed by atoms with Gasteiger partial charge in [0.15, 0.2) is 11.0 Å². The third kappa shape index (κ3) is 7.55. The molecule has 0 unspecified atom stereocenters. The Morgan fingerprint density at radius 3 is 2.55 bits per heavy atom. The smallest absolute Gasteiger partial charge is 0.249 e. The molecule has 0 saturated carbocycles. The highest BCUT2D eigenvalue weighted by Crippen LogP contribution is 2.36. The molecule has 47 heavy (non-hydrogen) atoms. The summed E-state index contributed by atoms with van der Waals surface area (Å²) < 4.78 is 23.2. The van der Waals surface area contributed by atoms with Gasteiger partial charge in [0, 0.05) is 62.0 Å². The highest BCUT2D eigenvalue weighted by Gasteiger charge is 2.32. The fourth-order valence-electron chi connectivity index (χ4n) is 6.33. The number of ether oxygens (including phenoxy) is 1. The number of nitrogen functional groups attached to an aromatic ring is 1. The number of rotatable bonds is 7. The number of aromatic nitrogens is 4. The average molecular weight is 646 g/mol. The van der Waals surface area contributed by atoms with E-state index in [1.54, 1.807) is 16.8 Å². The molecular weight excluding hydrogens is 605 g/mol. The summed E-state index contributed by atoms with van der Waals surface area (Å²) in [5.41, 5.74) is 7.97. The van der Waals surface area contributed by atoms with Crippen LogP contribution in [-0.4, -0.2) is 85.5 Å². The molecule has 2 aromatic carbocycles. The van der Waals surface area contributed by atoms with Gasteiger partial charge >= 0.3 is 0 Å². The molecule has 0 radical (unpaired) electrons. The van der Waals surface area contributed by atoms with Crippen LogP contribution in [0.3, 0.4) is 0 Å². The molecule has 0 aliphatic carbocycles. The number of hydrogen-bond donors (Lipinski definition) is 3. The van der Waals surface area contributed by atoms with E-state index in [4.69, 9.17) is 25.7 Å². The summed E-state index contributed by atoms with van der Waals surface area (Å²) in [6.45, 7) is 11.1. The van der Waals surface area contributed by atoms with Crippen LogP contribution in [-0.2, 0) is 4.79 Å². The number of benzene rings is 2. The maximum absolute atomic E-state index is 15.6. The zero-order valence-electron chi connectivity index (χ0n) is 26.8. The normalized spacial score (nSPS) is 17.6. The van der Waals surface area contributed by atoms with E-state index in [9.17, 15) is 4.79 Å². The molecule has 14 heteroatoms. The van der Waals surface area contributed by atoms with Crippen molar-refractivity contribution in [3.8, 4) is 22.8 Å². The van der Waals surface area contributed by atoms with E-state index in [-0.39, 0.29) is 28.9 Å². The molecule has 4 N–H and O–H groups in total. The Kier molecular flexibility index (Phi) is 10.4. The van der Waals surface area contributed by atoms with Gasteiger partial charge in [0.05, 0.1) is 11.4 Å². The Balaban J connectivity index is 0.00000139. The second kappa shape index (κ2) is 14.6. The fraction of sp³-hybridized carbons (Fsp3) is 0.394. The summed E-state index contributed by atoms with van der Waals surface area (Å²) in [5, 5.41) is 16.6. The van der Waals surface area contributed by atoms with Crippen molar-refractivity contribution < 1.29 is 19.1 Å². The van der Waals surface area contributed by atoms with Gasteiger partial charge in [-0.05, 0) is 57.9 Å². The standard InChI is InChI=1S/C33H39FN8O2.HNO2/c1-22(19-33(2,3)41-16-13-36-14-17-41)32(43)40-15-7-8-23(20-40)42-31-28(30(35)37-21-38-31)29(39-42)26-12-11-25(18-27(26)34)44-24-9-5-4-6-10-24;2-1-3/h4-6,9-12,18-19,21,23,36H,7-8,13-17,20H2,1-3H3,(H2,35,37,38);(H,2,3)/t23-;/m1./s1. The molecule has 0 spiro atoms. The Morgan fingerprint density at radius 2 is 1.85 bits per heavy atom. The minimum Gasteiger partial charge on any atom is -0.457 e. The highest BCUT2D eigenvalue weighted by molar-refractivity contribution is 5.98. The van der Waals surface area contributed by atoms with Crippen molar-refractivity contribution in [2.24, 2.45) is 5.34 Å². The molecule has 4 aromatic rings. The fourth-order valence-corrected chi connectivity index (χ4v) is 6.33. The third-order valence-electron chi connectivity index (χ3n) is 8.56. The molecule has 1 atom stereocenters. The predicted molar refractivity (Wildman–Crippen MR) is 176 cm³/mol. The van der Waals surface area contributed by atoms with E-state index in [1.807, 2.05) is 42.2 Å². The van der Waals surface area contributed by atoms with Crippen molar-refractivity contribution in [1.29, 1.82) is 0 Å². The number of carbonyl (C=O) groups excluding carboxylic acids is 1. The number of halogens is 1. The minimum atomic E-state index is -0.499. The van der Waals surface area contributed by atoms with E-state index in [0.29, 0.717) is 41.3 Å². The van der Waals surface area contributed by atoms with Crippen LogP contribution in [0, 0.1) is 10.7 Å². The van der Waals surface area contributed by atoms with Crippen molar-refractivity contribution in [3.05, 3.63) is 77.2 Å². The molecule has 2 aliphatic rings. The number of nitrogens with zero attached hydrogens (tertiary/aromatic N) is 7. The molecule has 2 aliphatic heterocycles. The molecule has 2 aromatic heterocycles. The molecule has 4 heterocycles. The molecule has 0 bridgehead atoms. The molecule has 13 nitrogen and oxygen atoms in total. The Bertz CT molecular complexity index is 1740. The quantitative estimate of drug-likeness (QED) is 0.142. The van der Waals surface area contributed by atoms with Crippen molar-refractivity contribution in [3.63, 3.8) is 0 Å². The lowest BCUT2D eigenvalue weighted by Crippen LogP contribution is -2.52.